The Morgan fingerprint density at radius 1 is 1.23 bits per heavy atom. The second-order valence-electron chi connectivity index (χ2n) is 6.10. The third kappa shape index (κ3) is 3.57. The van der Waals surface area contributed by atoms with Crippen LogP contribution in [0.25, 0.3) is 0 Å². The van der Waals surface area contributed by atoms with E-state index in [0.717, 1.165) is 38.5 Å². The molecule has 0 aliphatic carbocycles. The third-order valence-electron chi connectivity index (χ3n) is 4.50. The molecular formula is C18H25N3O. The number of nitrogens with zero attached hydrogens (tertiary/aromatic N) is 3. The molecule has 0 unspecified atom stereocenters. The summed E-state index contributed by atoms with van der Waals surface area (Å²) in [5, 5.41) is 0. The average molecular weight is 299 g/mol. The van der Waals surface area contributed by atoms with Crippen molar-refractivity contribution in [3.05, 3.63) is 54.1 Å². The van der Waals surface area contributed by atoms with Gasteiger partial charge in [0, 0.05) is 38.1 Å². The molecule has 1 saturated heterocycles. The van der Waals surface area contributed by atoms with Crippen molar-refractivity contribution < 1.29 is 4.74 Å². The predicted octanol–water partition coefficient (Wildman–Crippen LogP) is 3.04. The fraction of sp³-hybridized carbons (Fsp3) is 0.500. The summed E-state index contributed by atoms with van der Waals surface area (Å²) in [5.74, 6) is 1.09. The van der Waals surface area contributed by atoms with Crippen LogP contribution in [0, 0.1) is 6.92 Å². The molecule has 2 heterocycles. The minimum Gasteiger partial charge on any atom is -0.371 e. The molecule has 0 bridgehead atoms. The molecule has 22 heavy (non-hydrogen) atoms. The van der Waals surface area contributed by atoms with E-state index >= 15 is 0 Å². The van der Waals surface area contributed by atoms with Crippen molar-refractivity contribution in [3.63, 3.8) is 0 Å². The van der Waals surface area contributed by atoms with Gasteiger partial charge >= 0.3 is 0 Å². The van der Waals surface area contributed by atoms with Crippen LogP contribution in [0.3, 0.4) is 0 Å². The van der Waals surface area contributed by atoms with Gasteiger partial charge < -0.3 is 9.30 Å². The average Bonchev–Trinajstić information content (AvgIpc) is 2.95. The molecule has 4 heteroatoms. The fourth-order valence-electron chi connectivity index (χ4n) is 3.07. The summed E-state index contributed by atoms with van der Waals surface area (Å²) >= 11 is 0. The number of aryl methyl sites for hydroxylation is 2. The largest absolute Gasteiger partial charge is 0.371 e. The highest BCUT2D eigenvalue weighted by Gasteiger charge is 2.26. The van der Waals surface area contributed by atoms with Crippen LogP contribution in [-0.2, 0) is 11.3 Å². The Morgan fingerprint density at radius 2 is 2.05 bits per heavy atom. The van der Waals surface area contributed by atoms with Gasteiger partial charge in [-0.05, 0) is 25.8 Å². The topological polar surface area (TPSA) is 30.3 Å². The molecule has 1 aromatic heterocycles. The van der Waals surface area contributed by atoms with Crippen molar-refractivity contribution in [3.8, 4) is 0 Å². The maximum absolute atomic E-state index is 6.02. The Labute approximate surface area is 132 Å². The van der Waals surface area contributed by atoms with E-state index < -0.39 is 0 Å². The van der Waals surface area contributed by atoms with Crippen LogP contribution in [0.15, 0.2) is 42.7 Å². The molecule has 0 radical (unpaired) electrons. The first-order valence-corrected chi connectivity index (χ1v) is 8.12. The highest BCUT2D eigenvalue weighted by atomic mass is 16.5. The fourth-order valence-corrected chi connectivity index (χ4v) is 3.07. The monoisotopic (exact) mass is 299 g/mol. The van der Waals surface area contributed by atoms with Crippen LogP contribution in [0.2, 0.25) is 0 Å². The lowest BCUT2D eigenvalue weighted by Crippen LogP contribution is -2.45. The van der Waals surface area contributed by atoms with E-state index in [1.165, 1.54) is 5.56 Å². The van der Waals surface area contributed by atoms with Gasteiger partial charge in [-0.3, -0.25) is 4.90 Å². The number of hydrogen-bond acceptors (Lipinski definition) is 3. The van der Waals surface area contributed by atoms with E-state index in [0.29, 0.717) is 6.04 Å². The van der Waals surface area contributed by atoms with Gasteiger partial charge in [0.2, 0.25) is 0 Å². The summed E-state index contributed by atoms with van der Waals surface area (Å²) in [6.07, 6.45) is 5.28. The van der Waals surface area contributed by atoms with E-state index in [1.54, 1.807) is 0 Å². The molecule has 118 valence electrons. The second-order valence-corrected chi connectivity index (χ2v) is 6.10. The molecule has 0 saturated carbocycles. The van der Waals surface area contributed by atoms with Crippen LogP contribution in [-0.4, -0.2) is 40.2 Å². The molecule has 0 amide bonds. The van der Waals surface area contributed by atoms with E-state index in [9.17, 15) is 0 Å². The highest BCUT2D eigenvalue weighted by Crippen LogP contribution is 2.24. The van der Waals surface area contributed by atoms with Crippen LogP contribution in [0.5, 0.6) is 0 Å². The SMILES string of the molecule is Cc1nccn1CCCN1C[C@H](c2ccccc2)OC[C@H]1C. The zero-order chi connectivity index (χ0) is 15.4. The van der Waals surface area contributed by atoms with Gasteiger partial charge in [-0.1, -0.05) is 30.3 Å². The Morgan fingerprint density at radius 3 is 2.77 bits per heavy atom. The van der Waals surface area contributed by atoms with Gasteiger partial charge in [0.1, 0.15) is 5.82 Å². The number of hydrogen-bond donors (Lipinski definition) is 0. The van der Waals surface area contributed by atoms with Crippen molar-refractivity contribution in [2.24, 2.45) is 0 Å². The summed E-state index contributed by atoms with van der Waals surface area (Å²) in [7, 11) is 0. The van der Waals surface area contributed by atoms with E-state index in [4.69, 9.17) is 4.74 Å². The minimum atomic E-state index is 0.201. The highest BCUT2D eigenvalue weighted by molar-refractivity contribution is 5.18. The van der Waals surface area contributed by atoms with Gasteiger partial charge in [0.15, 0.2) is 0 Å². The Kier molecular flexibility index (Phi) is 4.90. The van der Waals surface area contributed by atoms with Crippen molar-refractivity contribution >= 4 is 0 Å². The van der Waals surface area contributed by atoms with Crippen LogP contribution >= 0.6 is 0 Å². The van der Waals surface area contributed by atoms with E-state index in [1.807, 2.05) is 6.20 Å². The number of imidazole rings is 1. The van der Waals surface area contributed by atoms with Gasteiger partial charge in [-0.2, -0.15) is 0 Å². The summed E-state index contributed by atoms with van der Waals surface area (Å²) in [4.78, 5) is 6.83. The number of morpholine rings is 1. The normalized spacial score (nSPS) is 22.8. The van der Waals surface area contributed by atoms with Crippen molar-refractivity contribution in [1.82, 2.24) is 14.5 Å². The lowest BCUT2D eigenvalue weighted by Gasteiger charge is -2.38. The first-order chi connectivity index (χ1) is 10.7. The third-order valence-corrected chi connectivity index (χ3v) is 4.50. The molecule has 2 atom stereocenters. The molecule has 1 aliphatic rings. The molecule has 3 rings (SSSR count). The Bertz CT molecular complexity index is 581. The summed E-state index contributed by atoms with van der Waals surface area (Å²) in [6.45, 7) is 8.24. The quantitative estimate of drug-likeness (QED) is 0.850. The van der Waals surface area contributed by atoms with Gasteiger partial charge in [0.05, 0.1) is 12.7 Å². The lowest BCUT2D eigenvalue weighted by atomic mass is 10.1. The molecule has 1 fully saturated rings. The number of benzene rings is 1. The van der Waals surface area contributed by atoms with Crippen molar-refractivity contribution in [2.45, 2.75) is 39.0 Å². The van der Waals surface area contributed by atoms with Crippen molar-refractivity contribution in [1.29, 1.82) is 0 Å². The smallest absolute Gasteiger partial charge is 0.105 e. The van der Waals surface area contributed by atoms with E-state index in [-0.39, 0.29) is 6.10 Å². The van der Waals surface area contributed by atoms with Crippen LogP contribution in [0.1, 0.15) is 30.8 Å². The van der Waals surface area contributed by atoms with Crippen LogP contribution < -0.4 is 0 Å². The Hall–Kier alpha value is -1.65. The molecule has 0 N–H and O–H groups in total. The molecule has 1 aliphatic heterocycles. The first-order valence-electron chi connectivity index (χ1n) is 8.12. The minimum absolute atomic E-state index is 0.201. The van der Waals surface area contributed by atoms with Gasteiger partial charge in [-0.25, -0.2) is 4.98 Å². The van der Waals surface area contributed by atoms with Crippen LogP contribution in [0.4, 0.5) is 0 Å². The maximum Gasteiger partial charge on any atom is 0.105 e. The zero-order valence-electron chi connectivity index (χ0n) is 13.5. The number of aromatic nitrogens is 2. The standard InChI is InChI=1S/C18H25N3O/c1-15-14-22-18(17-7-4-3-5-8-17)13-21(15)11-6-10-20-12-9-19-16(20)2/h3-5,7-9,12,15,18H,6,10-11,13-14H2,1-2H3/t15-,18-/m1/s1. The summed E-state index contributed by atoms with van der Waals surface area (Å²) < 4.78 is 8.24. The lowest BCUT2D eigenvalue weighted by molar-refractivity contribution is -0.0604. The molecule has 2 aromatic rings. The van der Waals surface area contributed by atoms with Gasteiger partial charge in [0.25, 0.3) is 0 Å². The second kappa shape index (κ2) is 7.07. The summed E-state index contributed by atoms with van der Waals surface area (Å²) in [6, 6.07) is 11.0. The van der Waals surface area contributed by atoms with Crippen molar-refractivity contribution in [2.75, 3.05) is 19.7 Å². The molecular weight excluding hydrogens is 274 g/mol. The predicted molar refractivity (Wildman–Crippen MR) is 87.8 cm³/mol. The molecule has 4 nitrogen and oxygen atoms in total. The number of rotatable bonds is 5. The maximum atomic E-state index is 6.02. The van der Waals surface area contributed by atoms with Gasteiger partial charge in [-0.15, -0.1) is 0 Å². The number of ether oxygens (including phenoxy) is 1. The first kappa shape index (κ1) is 15.3. The molecule has 0 spiro atoms. The summed E-state index contributed by atoms with van der Waals surface area (Å²) in [5.41, 5.74) is 1.28. The zero-order valence-corrected chi connectivity index (χ0v) is 13.5. The Balaban J connectivity index is 1.54. The van der Waals surface area contributed by atoms with E-state index in [2.05, 4.69) is 64.8 Å². The molecule has 1 aromatic carbocycles.